The molecule has 0 N–H and O–H groups in total. The van der Waals surface area contributed by atoms with Crippen LogP contribution in [0.1, 0.15) is 0 Å². The SMILES string of the molecule is CN1CCOC(OC=O)C1. The predicted molar refractivity (Wildman–Crippen MR) is 34.4 cm³/mol. The molecule has 0 aliphatic carbocycles. The summed E-state index contributed by atoms with van der Waals surface area (Å²) in [5, 5.41) is 0. The quantitative estimate of drug-likeness (QED) is 0.488. The number of likely N-dealkylation sites (N-methyl/N-ethyl adjacent to an activating group) is 1. The highest BCUT2D eigenvalue weighted by molar-refractivity contribution is 5.37. The summed E-state index contributed by atoms with van der Waals surface area (Å²) in [4.78, 5) is 11.9. The van der Waals surface area contributed by atoms with Gasteiger partial charge in [-0.25, -0.2) is 0 Å². The molecule has 0 radical (unpaired) electrons. The molecule has 1 unspecified atom stereocenters. The second kappa shape index (κ2) is 3.53. The first-order chi connectivity index (χ1) is 4.83. The van der Waals surface area contributed by atoms with Crippen LogP contribution in [0.15, 0.2) is 0 Å². The molecule has 1 saturated heterocycles. The third-order valence-electron chi connectivity index (χ3n) is 1.44. The lowest BCUT2D eigenvalue weighted by atomic mass is 10.4. The number of hydrogen-bond acceptors (Lipinski definition) is 4. The zero-order valence-corrected chi connectivity index (χ0v) is 5.95. The summed E-state index contributed by atoms with van der Waals surface area (Å²) < 4.78 is 9.70. The van der Waals surface area contributed by atoms with E-state index in [4.69, 9.17) is 4.74 Å². The Morgan fingerprint density at radius 1 is 1.80 bits per heavy atom. The molecule has 1 aliphatic rings. The lowest BCUT2D eigenvalue weighted by Crippen LogP contribution is -2.41. The van der Waals surface area contributed by atoms with Gasteiger partial charge in [-0.1, -0.05) is 0 Å². The van der Waals surface area contributed by atoms with E-state index < -0.39 is 0 Å². The van der Waals surface area contributed by atoms with Gasteiger partial charge >= 0.3 is 0 Å². The number of morpholine rings is 1. The third-order valence-corrected chi connectivity index (χ3v) is 1.44. The molecule has 1 aliphatic heterocycles. The van der Waals surface area contributed by atoms with Crippen molar-refractivity contribution in [3.8, 4) is 0 Å². The minimum atomic E-state index is -0.365. The van der Waals surface area contributed by atoms with Gasteiger partial charge in [0, 0.05) is 6.54 Å². The first kappa shape index (κ1) is 7.50. The Labute approximate surface area is 59.7 Å². The zero-order chi connectivity index (χ0) is 7.40. The number of rotatable bonds is 2. The summed E-state index contributed by atoms with van der Waals surface area (Å²) in [5.41, 5.74) is 0. The highest BCUT2D eigenvalue weighted by Gasteiger charge is 2.17. The molecule has 1 fully saturated rings. The van der Waals surface area contributed by atoms with E-state index in [1.54, 1.807) is 0 Å². The van der Waals surface area contributed by atoms with Gasteiger partial charge < -0.3 is 9.47 Å². The molecule has 1 atom stereocenters. The fourth-order valence-corrected chi connectivity index (χ4v) is 0.883. The Hall–Kier alpha value is -0.610. The third kappa shape index (κ3) is 1.97. The molecule has 0 amide bonds. The van der Waals surface area contributed by atoms with E-state index in [2.05, 4.69) is 9.64 Å². The Bertz CT molecular complexity index is 118. The van der Waals surface area contributed by atoms with Crippen LogP contribution in [0.3, 0.4) is 0 Å². The minimum absolute atomic E-state index is 0.365. The van der Waals surface area contributed by atoms with Crippen molar-refractivity contribution in [3.05, 3.63) is 0 Å². The highest BCUT2D eigenvalue weighted by Crippen LogP contribution is 2.02. The van der Waals surface area contributed by atoms with Crippen LogP contribution >= 0.6 is 0 Å². The Kier molecular flexibility index (Phi) is 2.65. The average molecular weight is 145 g/mol. The topological polar surface area (TPSA) is 38.8 Å². The molecule has 0 spiro atoms. The van der Waals surface area contributed by atoms with Crippen molar-refractivity contribution in [1.29, 1.82) is 0 Å². The molecule has 1 rings (SSSR count). The maximum Gasteiger partial charge on any atom is 0.295 e. The van der Waals surface area contributed by atoms with E-state index in [0.717, 1.165) is 6.54 Å². The number of nitrogens with zero attached hydrogens (tertiary/aromatic N) is 1. The number of ether oxygens (including phenoxy) is 2. The van der Waals surface area contributed by atoms with Gasteiger partial charge in [0.25, 0.3) is 6.47 Å². The summed E-state index contributed by atoms with van der Waals surface area (Å²) in [5.74, 6) is 0. The van der Waals surface area contributed by atoms with Crippen molar-refractivity contribution in [3.63, 3.8) is 0 Å². The molecule has 0 aromatic carbocycles. The fourth-order valence-electron chi connectivity index (χ4n) is 0.883. The average Bonchev–Trinajstić information content (AvgIpc) is 1.88. The van der Waals surface area contributed by atoms with Crippen molar-refractivity contribution in [2.45, 2.75) is 6.29 Å². The monoisotopic (exact) mass is 145 g/mol. The van der Waals surface area contributed by atoms with E-state index in [-0.39, 0.29) is 6.29 Å². The predicted octanol–water partition coefficient (Wildman–Crippen LogP) is -0.553. The Morgan fingerprint density at radius 3 is 3.20 bits per heavy atom. The van der Waals surface area contributed by atoms with Gasteiger partial charge in [-0.3, -0.25) is 9.69 Å². The largest absolute Gasteiger partial charge is 0.437 e. The van der Waals surface area contributed by atoms with Gasteiger partial charge in [0.2, 0.25) is 6.29 Å². The van der Waals surface area contributed by atoms with E-state index in [0.29, 0.717) is 19.6 Å². The van der Waals surface area contributed by atoms with Crippen molar-refractivity contribution >= 4 is 6.47 Å². The van der Waals surface area contributed by atoms with Crippen LogP contribution in [0.2, 0.25) is 0 Å². The molecule has 0 saturated carbocycles. The van der Waals surface area contributed by atoms with Gasteiger partial charge in [-0.2, -0.15) is 0 Å². The van der Waals surface area contributed by atoms with E-state index in [9.17, 15) is 4.79 Å². The molecule has 0 aromatic heterocycles. The van der Waals surface area contributed by atoms with Gasteiger partial charge in [-0.15, -0.1) is 0 Å². The lowest BCUT2D eigenvalue weighted by molar-refractivity contribution is -0.179. The summed E-state index contributed by atoms with van der Waals surface area (Å²) in [7, 11) is 1.96. The maximum absolute atomic E-state index is 9.86. The van der Waals surface area contributed by atoms with Crippen LogP contribution in [0.4, 0.5) is 0 Å². The molecule has 4 nitrogen and oxygen atoms in total. The molecule has 0 aromatic rings. The van der Waals surface area contributed by atoms with E-state index in [1.165, 1.54) is 0 Å². The van der Waals surface area contributed by atoms with Crippen molar-refractivity contribution in [2.24, 2.45) is 0 Å². The molecule has 4 heteroatoms. The van der Waals surface area contributed by atoms with Gasteiger partial charge in [-0.05, 0) is 7.05 Å². The second-order valence-electron chi connectivity index (χ2n) is 2.29. The van der Waals surface area contributed by atoms with E-state index >= 15 is 0 Å². The van der Waals surface area contributed by atoms with Gasteiger partial charge in [0.15, 0.2) is 0 Å². The summed E-state index contributed by atoms with van der Waals surface area (Å²) >= 11 is 0. The van der Waals surface area contributed by atoms with Gasteiger partial charge in [0.1, 0.15) is 0 Å². The van der Waals surface area contributed by atoms with Crippen LogP contribution in [-0.4, -0.2) is 44.4 Å². The standard InChI is InChI=1S/C6H11NO3/c1-7-2-3-9-6(4-7)10-5-8/h5-6H,2-4H2,1H3. The van der Waals surface area contributed by atoms with Crippen LogP contribution in [0.5, 0.6) is 0 Å². The molecule has 10 heavy (non-hydrogen) atoms. The minimum Gasteiger partial charge on any atom is -0.437 e. The number of hydrogen-bond donors (Lipinski definition) is 0. The molecule has 1 heterocycles. The lowest BCUT2D eigenvalue weighted by Gasteiger charge is -2.28. The molecule has 58 valence electrons. The first-order valence-electron chi connectivity index (χ1n) is 3.22. The Morgan fingerprint density at radius 2 is 2.60 bits per heavy atom. The van der Waals surface area contributed by atoms with Crippen LogP contribution in [0.25, 0.3) is 0 Å². The van der Waals surface area contributed by atoms with Gasteiger partial charge in [0.05, 0.1) is 13.2 Å². The number of carbonyl (C=O) groups is 1. The molecular formula is C6H11NO3. The van der Waals surface area contributed by atoms with Crippen LogP contribution in [-0.2, 0) is 14.3 Å². The second-order valence-corrected chi connectivity index (χ2v) is 2.29. The summed E-state index contributed by atoms with van der Waals surface area (Å²) in [6.07, 6.45) is -0.365. The molecule has 0 bridgehead atoms. The smallest absolute Gasteiger partial charge is 0.295 e. The first-order valence-corrected chi connectivity index (χ1v) is 3.22. The highest BCUT2D eigenvalue weighted by atomic mass is 16.7. The summed E-state index contributed by atoms with van der Waals surface area (Å²) in [6, 6.07) is 0. The normalized spacial score (nSPS) is 27.9. The van der Waals surface area contributed by atoms with Crippen molar-refractivity contribution in [1.82, 2.24) is 4.90 Å². The van der Waals surface area contributed by atoms with E-state index in [1.807, 2.05) is 7.05 Å². The fraction of sp³-hybridized carbons (Fsp3) is 0.833. The maximum atomic E-state index is 9.86. The van der Waals surface area contributed by atoms with Crippen LogP contribution < -0.4 is 0 Å². The Balaban J connectivity index is 2.24. The molecular weight excluding hydrogens is 134 g/mol. The van der Waals surface area contributed by atoms with Crippen LogP contribution in [0, 0.1) is 0 Å². The summed E-state index contributed by atoms with van der Waals surface area (Å²) in [6.45, 7) is 2.62. The number of carbonyl (C=O) groups excluding carboxylic acids is 1. The zero-order valence-electron chi connectivity index (χ0n) is 5.95. The van der Waals surface area contributed by atoms with Crippen molar-refractivity contribution in [2.75, 3.05) is 26.7 Å². The van der Waals surface area contributed by atoms with Crippen molar-refractivity contribution < 1.29 is 14.3 Å².